The summed E-state index contributed by atoms with van der Waals surface area (Å²) in [7, 11) is 2.11. The van der Waals surface area contributed by atoms with Crippen LogP contribution in [0.25, 0.3) is 0 Å². The zero-order valence-corrected chi connectivity index (χ0v) is 13.4. The second-order valence-electron chi connectivity index (χ2n) is 5.74. The van der Waals surface area contributed by atoms with Crippen molar-refractivity contribution in [2.75, 3.05) is 7.05 Å². The average Bonchev–Trinajstić information content (AvgIpc) is 2.96. The molecule has 0 spiro atoms. The van der Waals surface area contributed by atoms with Crippen LogP contribution in [0, 0.1) is 0 Å². The van der Waals surface area contributed by atoms with Crippen LogP contribution in [0.2, 0.25) is 0 Å². The van der Waals surface area contributed by atoms with Crippen LogP contribution in [-0.4, -0.2) is 18.3 Å². The highest BCUT2D eigenvalue weighted by Gasteiger charge is 2.27. The molecule has 110 valence electrons. The molecule has 1 aliphatic heterocycles. The molecule has 2 unspecified atom stereocenters. The highest BCUT2D eigenvalue weighted by Crippen LogP contribution is 2.39. The molecule has 3 rings (SSSR count). The summed E-state index contributed by atoms with van der Waals surface area (Å²) in [5.41, 5.74) is 2.98. The topological polar surface area (TPSA) is 12.0 Å². The number of hydrogen-bond acceptors (Lipinski definition) is 2. The van der Waals surface area contributed by atoms with Crippen molar-refractivity contribution in [1.29, 1.82) is 0 Å². The molecule has 0 bridgehead atoms. The molecule has 0 fully saturated rings. The van der Waals surface area contributed by atoms with Crippen molar-refractivity contribution >= 4 is 11.8 Å². The lowest BCUT2D eigenvalue weighted by atomic mass is 9.99. The Bertz CT molecular complexity index is 542. The Hall–Kier alpha value is -1.25. The van der Waals surface area contributed by atoms with Gasteiger partial charge >= 0.3 is 0 Å². The van der Waals surface area contributed by atoms with E-state index in [1.807, 2.05) is 0 Å². The van der Waals surface area contributed by atoms with Gasteiger partial charge in [-0.2, -0.15) is 0 Å². The Morgan fingerprint density at radius 3 is 2.62 bits per heavy atom. The molecule has 1 heterocycles. The molecule has 21 heavy (non-hydrogen) atoms. The van der Waals surface area contributed by atoms with Crippen molar-refractivity contribution in [3.63, 3.8) is 0 Å². The van der Waals surface area contributed by atoms with Gasteiger partial charge in [-0.3, -0.25) is 0 Å². The van der Waals surface area contributed by atoms with E-state index in [2.05, 4.69) is 78.7 Å². The highest BCUT2D eigenvalue weighted by molar-refractivity contribution is 8.00. The zero-order chi connectivity index (χ0) is 14.5. The van der Waals surface area contributed by atoms with Crippen molar-refractivity contribution in [1.82, 2.24) is 5.32 Å². The minimum absolute atomic E-state index is 0.603. The van der Waals surface area contributed by atoms with Crippen LogP contribution in [0.1, 0.15) is 24.0 Å². The van der Waals surface area contributed by atoms with Gasteiger partial charge in [0.1, 0.15) is 0 Å². The van der Waals surface area contributed by atoms with Crippen molar-refractivity contribution in [3.05, 3.63) is 65.7 Å². The fourth-order valence-corrected chi connectivity index (χ4v) is 4.61. The SMILES string of the molecule is CNC(CCCc1ccccc1)C1Cc2ccccc2S1. The van der Waals surface area contributed by atoms with Gasteiger partial charge in [-0.05, 0) is 49.9 Å². The van der Waals surface area contributed by atoms with Gasteiger partial charge in [0.2, 0.25) is 0 Å². The van der Waals surface area contributed by atoms with E-state index in [0.29, 0.717) is 11.3 Å². The lowest BCUT2D eigenvalue weighted by Crippen LogP contribution is -2.35. The molecule has 1 aliphatic rings. The van der Waals surface area contributed by atoms with Crippen LogP contribution < -0.4 is 5.32 Å². The summed E-state index contributed by atoms with van der Waals surface area (Å²) >= 11 is 2.05. The van der Waals surface area contributed by atoms with Crippen LogP contribution >= 0.6 is 11.8 Å². The molecule has 1 N–H and O–H groups in total. The molecule has 0 radical (unpaired) electrons. The average molecular weight is 297 g/mol. The number of hydrogen-bond donors (Lipinski definition) is 1. The number of thioether (sulfide) groups is 1. The molecule has 2 heteroatoms. The van der Waals surface area contributed by atoms with Crippen molar-refractivity contribution in [2.45, 2.75) is 41.9 Å². The summed E-state index contributed by atoms with van der Waals surface area (Å²) in [5, 5.41) is 4.23. The molecular weight excluding hydrogens is 274 g/mol. The van der Waals surface area contributed by atoms with E-state index in [1.54, 1.807) is 0 Å². The molecule has 2 aromatic rings. The van der Waals surface area contributed by atoms with Crippen LogP contribution in [0.15, 0.2) is 59.5 Å². The number of nitrogens with one attached hydrogen (secondary N) is 1. The van der Waals surface area contributed by atoms with E-state index in [1.165, 1.54) is 41.7 Å². The summed E-state index contributed by atoms with van der Waals surface area (Å²) in [6.07, 6.45) is 4.89. The largest absolute Gasteiger partial charge is 0.316 e. The fourth-order valence-electron chi connectivity index (χ4n) is 3.12. The molecular formula is C19H23NS. The highest BCUT2D eigenvalue weighted by atomic mass is 32.2. The standard InChI is InChI=1S/C19H23NS/c1-20-17(12-7-10-15-8-3-2-4-9-15)19-14-16-11-5-6-13-18(16)21-19/h2-6,8-9,11,13,17,19-20H,7,10,12,14H2,1H3. The number of aryl methyl sites for hydroxylation is 1. The maximum Gasteiger partial charge on any atom is 0.0289 e. The summed E-state index contributed by atoms with van der Waals surface area (Å²) in [6.45, 7) is 0. The first kappa shape index (κ1) is 14.7. The Balaban J connectivity index is 1.52. The molecule has 2 aromatic carbocycles. The van der Waals surface area contributed by atoms with E-state index >= 15 is 0 Å². The minimum Gasteiger partial charge on any atom is -0.316 e. The molecule has 0 saturated carbocycles. The molecule has 0 saturated heterocycles. The van der Waals surface area contributed by atoms with Crippen molar-refractivity contribution in [3.8, 4) is 0 Å². The number of benzene rings is 2. The lowest BCUT2D eigenvalue weighted by molar-refractivity contribution is 0.488. The van der Waals surface area contributed by atoms with E-state index in [0.717, 1.165) is 0 Å². The third-order valence-electron chi connectivity index (χ3n) is 4.32. The van der Waals surface area contributed by atoms with E-state index < -0.39 is 0 Å². The van der Waals surface area contributed by atoms with E-state index in [9.17, 15) is 0 Å². The maximum absolute atomic E-state index is 3.54. The Morgan fingerprint density at radius 1 is 1.10 bits per heavy atom. The van der Waals surface area contributed by atoms with E-state index in [-0.39, 0.29) is 0 Å². The summed E-state index contributed by atoms with van der Waals surface area (Å²) < 4.78 is 0. The first-order chi connectivity index (χ1) is 10.4. The molecule has 1 nitrogen and oxygen atoms in total. The third kappa shape index (κ3) is 3.69. The summed E-state index contributed by atoms with van der Waals surface area (Å²) in [4.78, 5) is 1.48. The van der Waals surface area contributed by atoms with Gasteiger partial charge in [-0.1, -0.05) is 48.5 Å². The predicted molar refractivity (Wildman–Crippen MR) is 92.0 cm³/mol. The molecule has 0 aliphatic carbocycles. The van der Waals surface area contributed by atoms with Crippen LogP contribution in [0.5, 0.6) is 0 Å². The van der Waals surface area contributed by atoms with Gasteiger partial charge in [0.05, 0.1) is 0 Å². The van der Waals surface area contributed by atoms with Gasteiger partial charge in [0.25, 0.3) is 0 Å². The zero-order valence-electron chi connectivity index (χ0n) is 12.6. The quantitative estimate of drug-likeness (QED) is 0.852. The minimum atomic E-state index is 0.603. The van der Waals surface area contributed by atoms with Crippen LogP contribution in [0.4, 0.5) is 0 Å². The van der Waals surface area contributed by atoms with Crippen molar-refractivity contribution < 1.29 is 0 Å². The van der Waals surface area contributed by atoms with Crippen LogP contribution in [0.3, 0.4) is 0 Å². The van der Waals surface area contributed by atoms with Crippen LogP contribution in [-0.2, 0) is 12.8 Å². The first-order valence-corrected chi connectivity index (χ1v) is 8.70. The third-order valence-corrected chi connectivity index (χ3v) is 5.77. The molecule has 2 atom stereocenters. The van der Waals surface area contributed by atoms with Gasteiger partial charge in [-0.25, -0.2) is 0 Å². The van der Waals surface area contributed by atoms with Gasteiger partial charge in [-0.15, -0.1) is 11.8 Å². The summed E-state index contributed by atoms with van der Waals surface area (Å²) in [6, 6.07) is 20.3. The van der Waals surface area contributed by atoms with Gasteiger partial charge < -0.3 is 5.32 Å². The lowest BCUT2D eigenvalue weighted by Gasteiger charge is -2.22. The smallest absolute Gasteiger partial charge is 0.0289 e. The Morgan fingerprint density at radius 2 is 1.86 bits per heavy atom. The fraction of sp³-hybridized carbons (Fsp3) is 0.368. The monoisotopic (exact) mass is 297 g/mol. The van der Waals surface area contributed by atoms with Gasteiger partial charge in [0, 0.05) is 16.2 Å². The van der Waals surface area contributed by atoms with Gasteiger partial charge in [0.15, 0.2) is 0 Å². The maximum atomic E-state index is 3.54. The number of rotatable bonds is 6. The predicted octanol–water partition coefficient (Wildman–Crippen LogP) is 4.31. The summed E-state index contributed by atoms with van der Waals surface area (Å²) in [5.74, 6) is 0. The normalized spacial score (nSPS) is 18.4. The first-order valence-electron chi connectivity index (χ1n) is 7.82. The molecule has 0 aromatic heterocycles. The second kappa shape index (κ2) is 7.15. The number of fused-ring (bicyclic) bond motifs is 1. The Kier molecular flexibility index (Phi) is 5.00. The Labute approximate surface area is 132 Å². The molecule has 0 amide bonds. The second-order valence-corrected chi connectivity index (χ2v) is 7.02. The van der Waals surface area contributed by atoms with Crippen molar-refractivity contribution in [2.24, 2.45) is 0 Å². The van der Waals surface area contributed by atoms with E-state index in [4.69, 9.17) is 0 Å².